The lowest BCUT2D eigenvalue weighted by Gasteiger charge is -2.28. The monoisotopic (exact) mass is 379 g/mol. The maximum Gasteiger partial charge on any atom is 0.266 e. The number of hydrogen-bond acceptors (Lipinski definition) is 3. The zero-order chi connectivity index (χ0) is 19.2. The van der Waals surface area contributed by atoms with E-state index in [0.717, 1.165) is 24.2 Å². The van der Waals surface area contributed by atoms with Gasteiger partial charge in [-0.15, -0.1) is 0 Å². The Bertz CT molecular complexity index is 891. The van der Waals surface area contributed by atoms with Gasteiger partial charge in [0.15, 0.2) is 0 Å². The highest BCUT2D eigenvalue weighted by Gasteiger charge is 2.13. The van der Waals surface area contributed by atoms with Gasteiger partial charge in [0.1, 0.15) is 11.6 Å². The molecule has 0 aromatic heterocycles. The molecule has 2 aromatic rings. The average Bonchev–Trinajstić information content (AvgIpc) is 2.70. The molecular formula is C22H22ClN3O. The van der Waals surface area contributed by atoms with Gasteiger partial charge in [0, 0.05) is 29.5 Å². The molecule has 0 unspecified atom stereocenters. The van der Waals surface area contributed by atoms with Gasteiger partial charge in [-0.1, -0.05) is 29.8 Å². The predicted molar refractivity (Wildman–Crippen MR) is 111 cm³/mol. The number of nitriles is 1. The Hall–Kier alpha value is -2.77. The second-order valence-corrected chi connectivity index (χ2v) is 7.16. The van der Waals surface area contributed by atoms with Crippen LogP contribution in [-0.2, 0) is 4.79 Å². The molecule has 1 N–H and O–H groups in total. The van der Waals surface area contributed by atoms with Crippen molar-refractivity contribution in [2.24, 2.45) is 0 Å². The maximum atomic E-state index is 12.5. The van der Waals surface area contributed by atoms with Gasteiger partial charge in [0.25, 0.3) is 5.91 Å². The van der Waals surface area contributed by atoms with Crippen molar-refractivity contribution >= 4 is 35.0 Å². The van der Waals surface area contributed by atoms with E-state index in [9.17, 15) is 10.1 Å². The van der Waals surface area contributed by atoms with Crippen LogP contribution in [0.5, 0.6) is 0 Å². The number of anilines is 2. The molecule has 1 saturated heterocycles. The lowest BCUT2D eigenvalue weighted by molar-refractivity contribution is -0.112. The van der Waals surface area contributed by atoms with Gasteiger partial charge >= 0.3 is 0 Å². The molecule has 3 rings (SSSR count). The Morgan fingerprint density at radius 3 is 2.52 bits per heavy atom. The van der Waals surface area contributed by atoms with Gasteiger partial charge in [-0.3, -0.25) is 4.79 Å². The molecule has 138 valence electrons. The first-order chi connectivity index (χ1) is 13.1. The Balaban J connectivity index is 1.74. The molecular weight excluding hydrogens is 358 g/mol. The second-order valence-electron chi connectivity index (χ2n) is 6.72. The zero-order valence-electron chi connectivity index (χ0n) is 15.3. The van der Waals surface area contributed by atoms with Gasteiger partial charge in [-0.05, 0) is 67.7 Å². The van der Waals surface area contributed by atoms with Crippen molar-refractivity contribution in [3.05, 3.63) is 64.2 Å². The minimum Gasteiger partial charge on any atom is -0.372 e. The van der Waals surface area contributed by atoms with Crippen LogP contribution in [0.1, 0.15) is 30.4 Å². The van der Waals surface area contributed by atoms with E-state index >= 15 is 0 Å². The summed E-state index contributed by atoms with van der Waals surface area (Å²) in [5.74, 6) is -0.442. The Kier molecular flexibility index (Phi) is 6.16. The number of rotatable bonds is 4. The maximum absolute atomic E-state index is 12.5. The number of nitrogens with one attached hydrogen (secondary N) is 1. The number of carbonyl (C=O) groups excluding carboxylic acids is 1. The van der Waals surface area contributed by atoms with Gasteiger partial charge in [-0.2, -0.15) is 5.26 Å². The highest BCUT2D eigenvalue weighted by Crippen LogP contribution is 2.23. The van der Waals surface area contributed by atoms with E-state index in [1.165, 1.54) is 24.9 Å². The highest BCUT2D eigenvalue weighted by atomic mass is 35.5. The number of amides is 1. The van der Waals surface area contributed by atoms with Gasteiger partial charge < -0.3 is 10.2 Å². The summed E-state index contributed by atoms with van der Waals surface area (Å²) >= 11 is 5.99. The largest absolute Gasteiger partial charge is 0.372 e. The van der Waals surface area contributed by atoms with Crippen molar-refractivity contribution in [2.75, 3.05) is 23.3 Å². The number of nitrogens with zero attached hydrogens (tertiary/aromatic N) is 2. The number of carbonyl (C=O) groups is 1. The third kappa shape index (κ3) is 4.90. The number of hydrogen-bond donors (Lipinski definition) is 1. The zero-order valence-corrected chi connectivity index (χ0v) is 16.1. The average molecular weight is 380 g/mol. The lowest BCUT2D eigenvalue weighted by Crippen LogP contribution is -2.29. The molecule has 1 amide bonds. The Morgan fingerprint density at radius 1 is 1.15 bits per heavy atom. The molecule has 0 atom stereocenters. The van der Waals surface area contributed by atoms with Crippen molar-refractivity contribution in [2.45, 2.75) is 26.2 Å². The van der Waals surface area contributed by atoms with Crippen molar-refractivity contribution < 1.29 is 4.79 Å². The highest BCUT2D eigenvalue weighted by molar-refractivity contribution is 6.31. The van der Waals surface area contributed by atoms with E-state index in [1.807, 2.05) is 43.3 Å². The minimum atomic E-state index is -0.442. The van der Waals surface area contributed by atoms with E-state index in [-0.39, 0.29) is 5.57 Å². The molecule has 0 saturated carbocycles. The first-order valence-electron chi connectivity index (χ1n) is 9.11. The fourth-order valence-electron chi connectivity index (χ4n) is 3.17. The van der Waals surface area contributed by atoms with Crippen LogP contribution in [0.4, 0.5) is 11.4 Å². The molecule has 1 fully saturated rings. The summed E-state index contributed by atoms with van der Waals surface area (Å²) in [7, 11) is 0. The van der Waals surface area contributed by atoms with E-state index in [1.54, 1.807) is 18.2 Å². The second kappa shape index (κ2) is 8.75. The van der Waals surface area contributed by atoms with Crippen LogP contribution in [0.3, 0.4) is 0 Å². The van der Waals surface area contributed by atoms with Crippen molar-refractivity contribution in [1.29, 1.82) is 5.26 Å². The smallest absolute Gasteiger partial charge is 0.266 e. The normalized spacial score (nSPS) is 14.6. The quantitative estimate of drug-likeness (QED) is 0.587. The summed E-state index contributed by atoms with van der Waals surface area (Å²) in [5.41, 5.74) is 3.56. The molecule has 27 heavy (non-hydrogen) atoms. The Morgan fingerprint density at radius 2 is 1.85 bits per heavy atom. The molecule has 5 heteroatoms. The van der Waals surface area contributed by atoms with Crippen LogP contribution in [0.25, 0.3) is 6.08 Å². The lowest BCUT2D eigenvalue weighted by atomic mass is 10.1. The summed E-state index contributed by atoms with van der Waals surface area (Å²) in [5, 5.41) is 12.7. The molecule has 0 spiro atoms. The first-order valence-corrected chi connectivity index (χ1v) is 9.49. The summed E-state index contributed by atoms with van der Waals surface area (Å²) in [4.78, 5) is 14.8. The van der Waals surface area contributed by atoms with E-state index in [0.29, 0.717) is 10.7 Å². The number of aryl methyl sites for hydroxylation is 1. The molecule has 0 radical (unpaired) electrons. The van der Waals surface area contributed by atoms with Crippen LogP contribution in [0, 0.1) is 18.3 Å². The molecule has 2 aromatic carbocycles. The molecule has 1 heterocycles. The number of piperidine rings is 1. The third-order valence-electron chi connectivity index (χ3n) is 4.74. The van der Waals surface area contributed by atoms with E-state index in [4.69, 9.17) is 11.6 Å². The summed E-state index contributed by atoms with van der Waals surface area (Å²) in [6.45, 7) is 4.04. The Labute approximate surface area is 165 Å². The molecule has 1 aliphatic heterocycles. The summed E-state index contributed by atoms with van der Waals surface area (Å²) in [6, 6.07) is 15.2. The van der Waals surface area contributed by atoms with Crippen molar-refractivity contribution in [3.63, 3.8) is 0 Å². The molecule has 1 aliphatic rings. The topological polar surface area (TPSA) is 56.1 Å². The van der Waals surface area contributed by atoms with E-state index < -0.39 is 5.91 Å². The van der Waals surface area contributed by atoms with Gasteiger partial charge in [-0.25, -0.2) is 0 Å². The SMILES string of the molecule is Cc1ccc(Cl)cc1NC(=O)C(C#N)=Cc1ccc(N2CCCCC2)cc1. The van der Waals surface area contributed by atoms with Crippen LogP contribution in [-0.4, -0.2) is 19.0 Å². The fraction of sp³-hybridized carbons (Fsp3) is 0.273. The summed E-state index contributed by atoms with van der Waals surface area (Å²) in [6.07, 6.45) is 5.35. The van der Waals surface area contributed by atoms with Crippen molar-refractivity contribution in [3.8, 4) is 6.07 Å². The predicted octanol–water partition coefficient (Wildman–Crippen LogP) is 5.18. The van der Waals surface area contributed by atoms with Crippen molar-refractivity contribution in [1.82, 2.24) is 0 Å². The molecule has 0 aliphatic carbocycles. The first kappa shape index (κ1) is 19.0. The number of benzene rings is 2. The summed E-state index contributed by atoms with van der Waals surface area (Å²) < 4.78 is 0. The molecule has 0 bridgehead atoms. The van der Waals surface area contributed by atoms with Gasteiger partial charge in [0.2, 0.25) is 0 Å². The van der Waals surface area contributed by atoms with Crippen LogP contribution in [0.15, 0.2) is 48.0 Å². The third-order valence-corrected chi connectivity index (χ3v) is 4.97. The standard InChI is InChI=1S/C22H22ClN3O/c1-16-5-8-19(23)14-21(16)25-22(27)18(15-24)13-17-6-9-20(10-7-17)26-11-3-2-4-12-26/h5-10,13-14H,2-4,11-12H2,1H3,(H,25,27). The molecule has 4 nitrogen and oxygen atoms in total. The van der Waals surface area contributed by atoms with Crippen LogP contribution >= 0.6 is 11.6 Å². The minimum absolute atomic E-state index is 0.0556. The van der Waals surface area contributed by atoms with Crippen LogP contribution in [0.2, 0.25) is 5.02 Å². The fourth-order valence-corrected chi connectivity index (χ4v) is 3.34. The van der Waals surface area contributed by atoms with Crippen LogP contribution < -0.4 is 10.2 Å². The van der Waals surface area contributed by atoms with E-state index in [2.05, 4.69) is 10.2 Å². The number of halogens is 1. The van der Waals surface area contributed by atoms with Gasteiger partial charge in [0.05, 0.1) is 0 Å².